The molecule has 0 amide bonds. The van der Waals surface area contributed by atoms with Crippen molar-refractivity contribution >= 4 is 45.9 Å². The number of esters is 2. The van der Waals surface area contributed by atoms with Gasteiger partial charge in [-0.25, -0.2) is 0 Å². The molecule has 0 unspecified atom stereocenters. The van der Waals surface area contributed by atoms with Gasteiger partial charge >= 0.3 is 11.9 Å². The van der Waals surface area contributed by atoms with Crippen LogP contribution in [0, 0.1) is 2.88 Å². The quantitative estimate of drug-likeness (QED) is 0.618. The summed E-state index contributed by atoms with van der Waals surface area (Å²) in [7, 11) is 0. The molecule has 0 spiro atoms. The number of hydrogen-bond donors (Lipinski definition) is 0. The van der Waals surface area contributed by atoms with Gasteiger partial charge in [0.1, 0.15) is 2.88 Å². The predicted molar refractivity (Wildman–Crippen MR) is 59.7 cm³/mol. The zero-order valence-corrected chi connectivity index (χ0v) is 10.5. The van der Waals surface area contributed by atoms with Gasteiger partial charge in [-0.05, 0) is 22.6 Å². The fraction of sp³-hybridized carbons (Fsp3) is 0.250. The van der Waals surface area contributed by atoms with Crippen LogP contribution in [0.3, 0.4) is 0 Å². The Hall–Kier alpha value is -0.630. The molecule has 0 atom stereocenters. The fourth-order valence-electron chi connectivity index (χ4n) is 0.769. The van der Waals surface area contributed by atoms with Crippen LogP contribution < -0.4 is 9.47 Å². The van der Waals surface area contributed by atoms with E-state index >= 15 is 0 Å². The Kier molecular flexibility index (Phi) is 3.87. The van der Waals surface area contributed by atoms with Crippen LogP contribution in [-0.2, 0) is 9.59 Å². The van der Waals surface area contributed by atoms with Crippen molar-refractivity contribution in [2.75, 3.05) is 0 Å². The smallest absolute Gasteiger partial charge is 0.308 e. The topological polar surface area (TPSA) is 52.6 Å². The summed E-state index contributed by atoms with van der Waals surface area (Å²) in [5, 5.41) is 1.63. The van der Waals surface area contributed by atoms with Crippen LogP contribution >= 0.6 is 33.9 Å². The van der Waals surface area contributed by atoms with Gasteiger partial charge in [-0.2, -0.15) is 0 Å². The van der Waals surface area contributed by atoms with E-state index in [1.165, 1.54) is 25.2 Å². The van der Waals surface area contributed by atoms with Crippen LogP contribution in [0.1, 0.15) is 13.8 Å². The summed E-state index contributed by atoms with van der Waals surface area (Å²) in [6.07, 6.45) is 0. The highest BCUT2D eigenvalue weighted by atomic mass is 127. The molecule has 6 heteroatoms. The van der Waals surface area contributed by atoms with E-state index in [2.05, 4.69) is 0 Å². The van der Waals surface area contributed by atoms with Crippen molar-refractivity contribution in [3.05, 3.63) is 8.26 Å². The molecular weight excluding hydrogens is 319 g/mol. The minimum Gasteiger partial charge on any atom is -0.422 e. The lowest BCUT2D eigenvalue weighted by Crippen LogP contribution is -2.06. The molecule has 0 aliphatic carbocycles. The van der Waals surface area contributed by atoms with E-state index < -0.39 is 11.9 Å². The number of thiophene rings is 1. The first-order valence-corrected chi connectivity index (χ1v) is 5.60. The lowest BCUT2D eigenvalue weighted by Gasteiger charge is -2.03. The Balaban J connectivity index is 2.93. The van der Waals surface area contributed by atoms with Crippen LogP contribution in [-0.4, -0.2) is 11.9 Å². The maximum absolute atomic E-state index is 10.7. The normalized spacial score (nSPS) is 9.64. The Morgan fingerprint density at radius 1 is 1.29 bits per heavy atom. The van der Waals surface area contributed by atoms with Gasteiger partial charge in [-0.1, -0.05) is 0 Å². The van der Waals surface area contributed by atoms with E-state index in [0.717, 1.165) is 2.88 Å². The molecule has 0 N–H and O–H groups in total. The molecule has 0 bridgehead atoms. The first-order chi connectivity index (χ1) is 6.50. The number of hydrogen-bond acceptors (Lipinski definition) is 5. The largest absolute Gasteiger partial charge is 0.422 e. The first-order valence-electron chi connectivity index (χ1n) is 3.64. The van der Waals surface area contributed by atoms with Gasteiger partial charge in [0.05, 0.1) is 0 Å². The van der Waals surface area contributed by atoms with Gasteiger partial charge in [0.2, 0.25) is 0 Å². The molecule has 0 aliphatic rings. The summed E-state index contributed by atoms with van der Waals surface area (Å²) in [4.78, 5) is 21.4. The minimum atomic E-state index is -0.437. The van der Waals surface area contributed by atoms with Gasteiger partial charge in [-0.15, -0.1) is 11.3 Å². The molecule has 0 aliphatic heterocycles. The van der Waals surface area contributed by atoms with E-state index in [9.17, 15) is 9.59 Å². The Labute approximate surface area is 98.3 Å². The molecule has 1 heterocycles. The van der Waals surface area contributed by atoms with Crippen LogP contribution in [0.4, 0.5) is 0 Å². The molecule has 0 radical (unpaired) electrons. The van der Waals surface area contributed by atoms with E-state index in [4.69, 9.17) is 9.47 Å². The van der Waals surface area contributed by atoms with Crippen LogP contribution in [0.5, 0.6) is 11.5 Å². The van der Waals surface area contributed by atoms with Gasteiger partial charge in [0, 0.05) is 19.2 Å². The summed E-state index contributed by atoms with van der Waals surface area (Å²) >= 11 is 3.36. The predicted octanol–water partition coefficient (Wildman–Crippen LogP) is 2.20. The average Bonchev–Trinajstić information content (AvgIpc) is 2.34. The van der Waals surface area contributed by atoms with E-state index in [-0.39, 0.29) is 0 Å². The SMILES string of the molecule is CC(=O)Oc1csc(I)c1OC(C)=O. The summed E-state index contributed by atoms with van der Waals surface area (Å²) < 4.78 is 10.5. The van der Waals surface area contributed by atoms with Crippen LogP contribution in [0.15, 0.2) is 5.38 Å². The third-order valence-electron chi connectivity index (χ3n) is 1.17. The minimum absolute atomic E-state index is 0.294. The zero-order valence-electron chi connectivity index (χ0n) is 7.50. The average molecular weight is 326 g/mol. The Morgan fingerprint density at radius 3 is 2.36 bits per heavy atom. The highest BCUT2D eigenvalue weighted by Gasteiger charge is 2.15. The van der Waals surface area contributed by atoms with Crippen molar-refractivity contribution in [2.24, 2.45) is 0 Å². The van der Waals surface area contributed by atoms with Crippen molar-refractivity contribution in [3.8, 4) is 11.5 Å². The van der Waals surface area contributed by atoms with E-state index in [0.29, 0.717) is 11.5 Å². The lowest BCUT2D eigenvalue weighted by atomic mass is 10.5. The van der Waals surface area contributed by atoms with E-state index in [1.807, 2.05) is 22.6 Å². The molecule has 0 saturated heterocycles. The monoisotopic (exact) mass is 326 g/mol. The van der Waals surface area contributed by atoms with Crippen LogP contribution in [0.2, 0.25) is 0 Å². The second-order valence-corrected chi connectivity index (χ2v) is 5.08. The second kappa shape index (κ2) is 4.74. The molecule has 0 aromatic carbocycles. The van der Waals surface area contributed by atoms with E-state index in [1.54, 1.807) is 5.38 Å². The molecule has 1 aromatic heterocycles. The second-order valence-electron chi connectivity index (χ2n) is 2.39. The summed E-state index contributed by atoms with van der Waals surface area (Å²) in [6.45, 7) is 2.59. The first kappa shape index (κ1) is 11.4. The number of carbonyl (C=O) groups is 2. The number of ether oxygens (including phenoxy) is 2. The maximum atomic E-state index is 10.7. The molecule has 4 nitrogen and oxygen atoms in total. The van der Waals surface area contributed by atoms with Crippen LogP contribution in [0.25, 0.3) is 0 Å². The third kappa shape index (κ3) is 2.95. The highest BCUT2D eigenvalue weighted by Crippen LogP contribution is 2.38. The Morgan fingerprint density at radius 2 is 1.86 bits per heavy atom. The molecule has 1 rings (SSSR count). The van der Waals surface area contributed by atoms with Crippen molar-refractivity contribution in [1.82, 2.24) is 0 Å². The van der Waals surface area contributed by atoms with Gasteiger partial charge < -0.3 is 9.47 Å². The number of carbonyl (C=O) groups excluding carboxylic acids is 2. The third-order valence-corrected chi connectivity index (χ3v) is 3.15. The molecule has 0 fully saturated rings. The molecule has 14 heavy (non-hydrogen) atoms. The Bertz CT molecular complexity index is 371. The van der Waals surface area contributed by atoms with Crippen molar-refractivity contribution in [1.29, 1.82) is 0 Å². The lowest BCUT2D eigenvalue weighted by molar-refractivity contribution is -0.134. The molecule has 1 aromatic rings. The highest BCUT2D eigenvalue weighted by molar-refractivity contribution is 14.1. The van der Waals surface area contributed by atoms with Gasteiger partial charge in [-0.3, -0.25) is 9.59 Å². The molecular formula is C8H7IO4S. The van der Waals surface area contributed by atoms with Crippen molar-refractivity contribution in [3.63, 3.8) is 0 Å². The number of halogens is 1. The zero-order chi connectivity index (χ0) is 10.7. The fourth-order valence-corrected chi connectivity index (χ4v) is 2.14. The van der Waals surface area contributed by atoms with Crippen molar-refractivity contribution < 1.29 is 19.1 Å². The number of rotatable bonds is 2. The van der Waals surface area contributed by atoms with Gasteiger partial charge in [0.15, 0.2) is 11.5 Å². The van der Waals surface area contributed by atoms with Gasteiger partial charge in [0.25, 0.3) is 0 Å². The summed E-state index contributed by atoms with van der Waals surface area (Å²) in [5.41, 5.74) is 0. The summed E-state index contributed by atoms with van der Waals surface area (Å²) in [6, 6.07) is 0. The molecule has 0 saturated carbocycles. The molecule has 76 valence electrons. The standard InChI is InChI=1S/C8H7IO4S/c1-4(10)12-6-3-14-8(9)7(6)13-5(2)11/h3H,1-2H3. The summed E-state index contributed by atoms with van der Waals surface area (Å²) in [5.74, 6) is -0.261. The maximum Gasteiger partial charge on any atom is 0.308 e. The van der Waals surface area contributed by atoms with Crippen molar-refractivity contribution in [2.45, 2.75) is 13.8 Å².